The van der Waals surface area contributed by atoms with Gasteiger partial charge in [-0.1, -0.05) is 25.4 Å². The van der Waals surface area contributed by atoms with Crippen LogP contribution in [0.3, 0.4) is 0 Å². The number of H-pyrrole nitrogens is 1. The molecule has 1 atom stereocenters. The molecule has 1 saturated heterocycles. The Hall–Kier alpha value is -3.41. The summed E-state index contributed by atoms with van der Waals surface area (Å²) in [6.45, 7) is 2.80. The van der Waals surface area contributed by atoms with E-state index in [4.69, 9.17) is 11.6 Å². The maximum absolute atomic E-state index is 12.9. The minimum Gasteiger partial charge on any atom is -0.345 e. The van der Waals surface area contributed by atoms with Crippen molar-refractivity contribution in [3.8, 4) is 11.4 Å². The van der Waals surface area contributed by atoms with Crippen LogP contribution in [-0.2, 0) is 9.59 Å². The van der Waals surface area contributed by atoms with Gasteiger partial charge in [0.25, 0.3) is 0 Å². The summed E-state index contributed by atoms with van der Waals surface area (Å²) in [4.78, 5) is 44.8. The Balaban J connectivity index is 1.64. The molecule has 1 aliphatic rings. The van der Waals surface area contributed by atoms with Crippen LogP contribution in [0.15, 0.2) is 30.7 Å². The number of halogens is 4. The standard InChI is InChI=1S/C23H25ClF3N7O2/c1-13(2)7-19(35)33-5-6-34(17(11-33)22(36)31-12-23(25,26)27)18-3-4-28-21(32-18)16-10-30-20-15(16)8-14(24)9-29-20/h3-4,8-10,13,17H,5-7,11-12H2,1-2H3,(H,29,30)(H,31,36). The van der Waals surface area contributed by atoms with Crippen molar-refractivity contribution in [2.45, 2.75) is 32.5 Å². The lowest BCUT2D eigenvalue weighted by atomic mass is 10.1. The molecule has 0 aromatic carbocycles. The zero-order valence-electron chi connectivity index (χ0n) is 19.6. The summed E-state index contributed by atoms with van der Waals surface area (Å²) in [7, 11) is 0. The monoisotopic (exact) mass is 523 g/mol. The van der Waals surface area contributed by atoms with Gasteiger partial charge in [-0.3, -0.25) is 9.59 Å². The van der Waals surface area contributed by atoms with Crippen LogP contribution in [0.1, 0.15) is 20.3 Å². The number of aromatic amines is 1. The fourth-order valence-corrected chi connectivity index (χ4v) is 4.25. The van der Waals surface area contributed by atoms with E-state index in [1.807, 2.05) is 19.2 Å². The molecule has 2 amide bonds. The van der Waals surface area contributed by atoms with Crippen molar-refractivity contribution in [1.82, 2.24) is 30.2 Å². The molecule has 4 heterocycles. The van der Waals surface area contributed by atoms with Gasteiger partial charge in [0, 0.05) is 49.1 Å². The number of carbonyl (C=O) groups excluding carboxylic acids is 2. The van der Waals surface area contributed by atoms with E-state index in [9.17, 15) is 22.8 Å². The predicted molar refractivity (Wildman–Crippen MR) is 128 cm³/mol. The highest BCUT2D eigenvalue weighted by molar-refractivity contribution is 6.31. The largest absolute Gasteiger partial charge is 0.405 e. The van der Waals surface area contributed by atoms with E-state index in [-0.39, 0.29) is 31.3 Å². The van der Waals surface area contributed by atoms with E-state index < -0.39 is 24.7 Å². The first-order chi connectivity index (χ1) is 17.0. The van der Waals surface area contributed by atoms with Crippen LogP contribution in [0.5, 0.6) is 0 Å². The van der Waals surface area contributed by atoms with E-state index in [0.717, 1.165) is 0 Å². The highest BCUT2D eigenvalue weighted by Gasteiger charge is 2.37. The lowest BCUT2D eigenvalue weighted by Gasteiger charge is -2.41. The lowest BCUT2D eigenvalue weighted by molar-refractivity contribution is -0.141. The molecule has 0 aliphatic carbocycles. The van der Waals surface area contributed by atoms with Crippen molar-refractivity contribution in [2.75, 3.05) is 31.1 Å². The number of carbonyl (C=O) groups is 2. The SMILES string of the molecule is CC(C)CC(=O)N1CCN(c2ccnc(-c3c[nH]c4ncc(Cl)cc34)n2)C(C(=O)NCC(F)(F)F)C1. The molecule has 13 heteroatoms. The summed E-state index contributed by atoms with van der Waals surface area (Å²) < 4.78 is 38.4. The number of rotatable bonds is 6. The van der Waals surface area contributed by atoms with Crippen LogP contribution in [0.2, 0.25) is 5.02 Å². The Morgan fingerprint density at radius 2 is 2.06 bits per heavy atom. The summed E-state index contributed by atoms with van der Waals surface area (Å²) in [5, 5.41) is 3.08. The van der Waals surface area contributed by atoms with Gasteiger partial charge in [-0.25, -0.2) is 15.0 Å². The topological polar surface area (TPSA) is 107 Å². The van der Waals surface area contributed by atoms with Gasteiger partial charge in [-0.05, 0) is 18.1 Å². The van der Waals surface area contributed by atoms with Crippen LogP contribution in [0.25, 0.3) is 22.4 Å². The van der Waals surface area contributed by atoms with Gasteiger partial charge in [0.05, 0.1) is 11.6 Å². The third-order valence-electron chi connectivity index (χ3n) is 5.76. The first kappa shape index (κ1) is 25.7. The Labute approximate surface area is 210 Å². The number of nitrogens with one attached hydrogen (secondary N) is 2. The van der Waals surface area contributed by atoms with E-state index in [2.05, 4.69) is 19.9 Å². The van der Waals surface area contributed by atoms with Crippen molar-refractivity contribution in [2.24, 2.45) is 5.92 Å². The molecule has 192 valence electrons. The zero-order chi connectivity index (χ0) is 26.0. The van der Waals surface area contributed by atoms with Crippen molar-refractivity contribution in [3.05, 3.63) is 35.7 Å². The summed E-state index contributed by atoms with van der Waals surface area (Å²) in [6.07, 6.45) is 0.422. The smallest absolute Gasteiger partial charge is 0.345 e. The molecule has 0 bridgehead atoms. The van der Waals surface area contributed by atoms with E-state index >= 15 is 0 Å². The highest BCUT2D eigenvalue weighted by Crippen LogP contribution is 2.29. The van der Waals surface area contributed by atoms with Crippen molar-refractivity contribution >= 4 is 40.3 Å². The van der Waals surface area contributed by atoms with Gasteiger partial charge in [-0.15, -0.1) is 0 Å². The van der Waals surface area contributed by atoms with E-state index in [1.54, 1.807) is 23.2 Å². The van der Waals surface area contributed by atoms with Gasteiger partial charge in [0.1, 0.15) is 24.1 Å². The fraction of sp³-hybridized carbons (Fsp3) is 0.435. The number of nitrogens with zero attached hydrogens (tertiary/aromatic N) is 5. The molecule has 0 saturated carbocycles. The number of amides is 2. The van der Waals surface area contributed by atoms with Crippen LogP contribution in [0, 0.1) is 5.92 Å². The molecule has 0 radical (unpaired) electrons. The van der Waals surface area contributed by atoms with Crippen molar-refractivity contribution in [3.63, 3.8) is 0 Å². The molecule has 3 aromatic heterocycles. The zero-order valence-corrected chi connectivity index (χ0v) is 20.4. The van der Waals surface area contributed by atoms with Crippen LogP contribution in [0.4, 0.5) is 19.0 Å². The number of anilines is 1. The maximum Gasteiger partial charge on any atom is 0.405 e. The van der Waals surface area contributed by atoms with Crippen LogP contribution < -0.4 is 10.2 Å². The minimum atomic E-state index is -4.56. The average Bonchev–Trinajstić information content (AvgIpc) is 3.24. The molecule has 4 rings (SSSR count). The Morgan fingerprint density at radius 3 is 2.78 bits per heavy atom. The van der Waals surface area contributed by atoms with Crippen molar-refractivity contribution < 1.29 is 22.8 Å². The molecule has 1 unspecified atom stereocenters. The molecular formula is C23H25ClF3N7O2. The number of aromatic nitrogens is 4. The van der Waals surface area contributed by atoms with Gasteiger partial charge < -0.3 is 20.1 Å². The number of piperazine rings is 1. The molecular weight excluding hydrogens is 499 g/mol. The molecule has 2 N–H and O–H groups in total. The lowest BCUT2D eigenvalue weighted by Crippen LogP contribution is -2.61. The maximum atomic E-state index is 12.9. The number of fused-ring (bicyclic) bond motifs is 1. The number of alkyl halides is 3. The van der Waals surface area contributed by atoms with Crippen LogP contribution >= 0.6 is 11.6 Å². The summed E-state index contributed by atoms with van der Waals surface area (Å²) in [5.41, 5.74) is 1.22. The van der Waals surface area contributed by atoms with Gasteiger partial charge in [0.2, 0.25) is 11.8 Å². The Bertz CT molecular complexity index is 1260. The molecule has 9 nitrogen and oxygen atoms in total. The second kappa shape index (κ2) is 10.3. The first-order valence-corrected chi connectivity index (χ1v) is 11.7. The normalized spacial score (nSPS) is 16.6. The Kier molecular flexibility index (Phi) is 7.34. The minimum absolute atomic E-state index is 0.0544. The molecule has 1 aliphatic heterocycles. The third-order valence-corrected chi connectivity index (χ3v) is 5.96. The van der Waals surface area contributed by atoms with Gasteiger partial charge in [0.15, 0.2) is 5.82 Å². The Morgan fingerprint density at radius 1 is 1.28 bits per heavy atom. The third kappa shape index (κ3) is 5.86. The van der Waals surface area contributed by atoms with Gasteiger partial charge >= 0.3 is 6.18 Å². The predicted octanol–water partition coefficient (Wildman–Crippen LogP) is 3.42. The number of hydrogen-bond donors (Lipinski definition) is 2. The summed E-state index contributed by atoms with van der Waals surface area (Å²) in [5.74, 6) is -0.193. The molecule has 1 fully saturated rings. The molecule has 0 spiro atoms. The average molecular weight is 524 g/mol. The summed E-state index contributed by atoms with van der Waals surface area (Å²) >= 11 is 6.09. The first-order valence-electron chi connectivity index (χ1n) is 11.4. The van der Waals surface area contributed by atoms with Gasteiger partial charge in [-0.2, -0.15) is 13.2 Å². The quantitative estimate of drug-likeness (QED) is 0.513. The highest BCUT2D eigenvalue weighted by atomic mass is 35.5. The summed E-state index contributed by atoms with van der Waals surface area (Å²) in [6, 6.07) is 2.25. The second-order valence-corrected chi connectivity index (χ2v) is 9.41. The molecule has 36 heavy (non-hydrogen) atoms. The van der Waals surface area contributed by atoms with Crippen molar-refractivity contribution in [1.29, 1.82) is 0 Å². The fourth-order valence-electron chi connectivity index (χ4n) is 4.09. The second-order valence-electron chi connectivity index (χ2n) is 8.97. The number of hydrogen-bond acceptors (Lipinski definition) is 6. The van der Waals surface area contributed by atoms with Crippen LogP contribution in [-0.4, -0.2) is 75.0 Å². The van der Waals surface area contributed by atoms with E-state index in [1.165, 1.54) is 17.3 Å². The van der Waals surface area contributed by atoms with E-state index in [0.29, 0.717) is 39.8 Å². The number of pyridine rings is 1. The molecule has 3 aromatic rings.